The maximum atomic E-state index is 11.2. The zero-order valence-corrected chi connectivity index (χ0v) is 10.9. The SMILES string of the molecule is CCN(CC)Cc1cc(C(C)=O)sc1Cl. The Kier molecular flexibility index (Phi) is 4.77. The van der Waals surface area contributed by atoms with E-state index in [0.717, 1.165) is 34.4 Å². The highest BCUT2D eigenvalue weighted by Crippen LogP contribution is 2.28. The molecule has 1 rings (SSSR count). The number of hydrogen-bond donors (Lipinski definition) is 0. The number of halogens is 1. The lowest BCUT2D eigenvalue weighted by Gasteiger charge is -2.17. The maximum absolute atomic E-state index is 11.2. The molecule has 0 spiro atoms. The second kappa shape index (κ2) is 5.64. The zero-order chi connectivity index (χ0) is 11.4. The van der Waals surface area contributed by atoms with E-state index in [9.17, 15) is 4.79 Å². The molecule has 0 aliphatic heterocycles. The lowest BCUT2D eigenvalue weighted by molar-refractivity contribution is 0.102. The Morgan fingerprint density at radius 1 is 1.47 bits per heavy atom. The van der Waals surface area contributed by atoms with E-state index in [-0.39, 0.29) is 5.78 Å². The summed E-state index contributed by atoms with van der Waals surface area (Å²) in [6, 6.07) is 1.91. The normalized spacial score (nSPS) is 11.0. The van der Waals surface area contributed by atoms with Gasteiger partial charge in [0.15, 0.2) is 5.78 Å². The molecule has 4 heteroatoms. The Morgan fingerprint density at radius 3 is 2.47 bits per heavy atom. The first-order valence-corrected chi connectivity index (χ1v) is 6.29. The summed E-state index contributed by atoms with van der Waals surface area (Å²) in [6.45, 7) is 8.64. The van der Waals surface area contributed by atoms with Crippen LogP contribution in [-0.2, 0) is 6.54 Å². The van der Waals surface area contributed by atoms with Gasteiger partial charge in [-0.05, 0) is 31.6 Å². The van der Waals surface area contributed by atoms with E-state index in [1.54, 1.807) is 6.92 Å². The van der Waals surface area contributed by atoms with Crippen LogP contribution in [0.3, 0.4) is 0 Å². The Bertz CT molecular complexity index is 344. The number of thiophene rings is 1. The first-order chi connectivity index (χ1) is 7.08. The smallest absolute Gasteiger partial charge is 0.169 e. The molecule has 0 saturated heterocycles. The number of carbonyl (C=O) groups excluding carboxylic acids is 1. The van der Waals surface area contributed by atoms with Gasteiger partial charge in [0.2, 0.25) is 0 Å². The molecule has 1 aromatic heterocycles. The summed E-state index contributed by atoms with van der Waals surface area (Å²) in [5, 5.41) is 0. The molecule has 0 fully saturated rings. The summed E-state index contributed by atoms with van der Waals surface area (Å²) in [5.41, 5.74) is 1.07. The molecule has 0 atom stereocenters. The quantitative estimate of drug-likeness (QED) is 0.741. The number of nitrogens with zero attached hydrogens (tertiary/aromatic N) is 1. The van der Waals surface area contributed by atoms with Crippen LogP contribution in [0.25, 0.3) is 0 Å². The number of Topliss-reactive ketones (excluding diaryl/α,β-unsaturated/α-hetero) is 1. The van der Waals surface area contributed by atoms with Gasteiger partial charge in [-0.25, -0.2) is 0 Å². The van der Waals surface area contributed by atoms with Gasteiger partial charge in [0, 0.05) is 6.54 Å². The molecule has 2 nitrogen and oxygen atoms in total. The average molecular weight is 246 g/mol. The first kappa shape index (κ1) is 12.7. The lowest BCUT2D eigenvalue weighted by atomic mass is 10.2. The Morgan fingerprint density at radius 2 is 2.07 bits per heavy atom. The first-order valence-electron chi connectivity index (χ1n) is 5.10. The molecular weight excluding hydrogens is 230 g/mol. The minimum atomic E-state index is 0.0905. The van der Waals surface area contributed by atoms with Crippen LogP contribution in [0.2, 0.25) is 4.34 Å². The van der Waals surface area contributed by atoms with Crippen molar-refractivity contribution in [2.75, 3.05) is 13.1 Å². The molecule has 84 valence electrons. The fourth-order valence-electron chi connectivity index (χ4n) is 1.38. The van der Waals surface area contributed by atoms with E-state index in [1.165, 1.54) is 11.3 Å². The third kappa shape index (κ3) is 3.30. The van der Waals surface area contributed by atoms with E-state index in [2.05, 4.69) is 18.7 Å². The summed E-state index contributed by atoms with van der Waals surface area (Å²) in [5.74, 6) is 0.0905. The molecule has 0 aliphatic rings. The minimum Gasteiger partial charge on any atom is -0.300 e. The molecule has 0 aromatic carbocycles. The average Bonchev–Trinajstić information content (AvgIpc) is 2.56. The number of ketones is 1. The van der Waals surface area contributed by atoms with Crippen LogP contribution in [0.15, 0.2) is 6.07 Å². The van der Waals surface area contributed by atoms with Crippen molar-refractivity contribution < 1.29 is 4.79 Å². The van der Waals surface area contributed by atoms with Crippen molar-refractivity contribution in [3.8, 4) is 0 Å². The van der Waals surface area contributed by atoms with E-state index in [0.29, 0.717) is 0 Å². The van der Waals surface area contributed by atoms with Crippen LogP contribution < -0.4 is 0 Å². The third-order valence-electron chi connectivity index (χ3n) is 2.39. The Labute approximate surface area is 99.9 Å². The molecule has 15 heavy (non-hydrogen) atoms. The van der Waals surface area contributed by atoms with Crippen molar-refractivity contribution in [1.82, 2.24) is 4.90 Å². The topological polar surface area (TPSA) is 20.3 Å². The predicted molar refractivity (Wildman–Crippen MR) is 66.0 cm³/mol. The largest absolute Gasteiger partial charge is 0.300 e. The van der Waals surface area contributed by atoms with Crippen LogP contribution in [-0.4, -0.2) is 23.8 Å². The van der Waals surface area contributed by atoms with Gasteiger partial charge in [-0.2, -0.15) is 0 Å². The lowest BCUT2D eigenvalue weighted by Crippen LogP contribution is -2.21. The van der Waals surface area contributed by atoms with Crippen LogP contribution in [0, 0.1) is 0 Å². The van der Waals surface area contributed by atoms with Crippen molar-refractivity contribution in [2.45, 2.75) is 27.3 Å². The summed E-state index contributed by atoms with van der Waals surface area (Å²) < 4.78 is 0.743. The molecular formula is C11H16ClNOS. The van der Waals surface area contributed by atoms with E-state index < -0.39 is 0 Å². The van der Waals surface area contributed by atoms with Gasteiger partial charge in [0.1, 0.15) is 0 Å². The van der Waals surface area contributed by atoms with E-state index in [4.69, 9.17) is 11.6 Å². The van der Waals surface area contributed by atoms with Gasteiger partial charge in [0.25, 0.3) is 0 Å². The molecule has 0 unspecified atom stereocenters. The van der Waals surface area contributed by atoms with Gasteiger partial charge in [0.05, 0.1) is 9.21 Å². The highest BCUT2D eigenvalue weighted by Gasteiger charge is 2.12. The van der Waals surface area contributed by atoms with Gasteiger partial charge >= 0.3 is 0 Å². The third-order valence-corrected chi connectivity index (χ3v) is 3.93. The molecule has 0 N–H and O–H groups in total. The number of rotatable bonds is 5. The summed E-state index contributed by atoms with van der Waals surface area (Å²) in [4.78, 5) is 14.2. The highest BCUT2D eigenvalue weighted by atomic mass is 35.5. The van der Waals surface area contributed by atoms with Crippen molar-refractivity contribution in [2.24, 2.45) is 0 Å². The monoisotopic (exact) mass is 245 g/mol. The minimum absolute atomic E-state index is 0.0905. The Balaban J connectivity index is 2.81. The van der Waals surface area contributed by atoms with Gasteiger partial charge in [-0.3, -0.25) is 9.69 Å². The molecule has 0 radical (unpaired) electrons. The van der Waals surface area contributed by atoms with Gasteiger partial charge in [-0.15, -0.1) is 11.3 Å². The summed E-state index contributed by atoms with van der Waals surface area (Å²) >= 11 is 7.46. The molecule has 1 heterocycles. The van der Waals surface area contributed by atoms with Crippen LogP contribution in [0.4, 0.5) is 0 Å². The molecule has 0 bridgehead atoms. The molecule has 0 aliphatic carbocycles. The van der Waals surface area contributed by atoms with Crippen molar-refractivity contribution >= 4 is 28.7 Å². The number of hydrogen-bond acceptors (Lipinski definition) is 3. The van der Waals surface area contributed by atoms with Crippen molar-refractivity contribution in [3.63, 3.8) is 0 Å². The molecule has 0 amide bonds. The second-order valence-electron chi connectivity index (χ2n) is 3.43. The predicted octanol–water partition coefficient (Wildman–Crippen LogP) is 3.45. The van der Waals surface area contributed by atoms with Crippen molar-refractivity contribution in [1.29, 1.82) is 0 Å². The zero-order valence-electron chi connectivity index (χ0n) is 9.34. The van der Waals surface area contributed by atoms with Gasteiger partial charge < -0.3 is 0 Å². The molecule has 0 saturated carbocycles. The molecule has 1 aromatic rings. The highest BCUT2D eigenvalue weighted by molar-refractivity contribution is 7.18. The fourth-order valence-corrected chi connectivity index (χ4v) is 2.53. The van der Waals surface area contributed by atoms with E-state index in [1.807, 2.05) is 6.07 Å². The van der Waals surface area contributed by atoms with Crippen LogP contribution in [0.1, 0.15) is 36.0 Å². The maximum Gasteiger partial charge on any atom is 0.169 e. The fraction of sp³-hybridized carbons (Fsp3) is 0.545. The van der Waals surface area contributed by atoms with Crippen LogP contribution in [0.5, 0.6) is 0 Å². The summed E-state index contributed by atoms with van der Waals surface area (Å²) in [7, 11) is 0. The van der Waals surface area contributed by atoms with E-state index >= 15 is 0 Å². The van der Waals surface area contributed by atoms with Crippen LogP contribution >= 0.6 is 22.9 Å². The second-order valence-corrected chi connectivity index (χ2v) is 5.08. The Hall–Kier alpha value is -0.380. The summed E-state index contributed by atoms with van der Waals surface area (Å²) in [6.07, 6.45) is 0. The van der Waals surface area contributed by atoms with Crippen molar-refractivity contribution in [3.05, 3.63) is 20.8 Å². The standard InChI is InChI=1S/C11H16ClNOS/c1-4-13(5-2)7-9-6-10(8(3)14)15-11(9)12/h6H,4-5,7H2,1-3H3. The van der Waals surface area contributed by atoms with Gasteiger partial charge in [-0.1, -0.05) is 25.4 Å². The number of carbonyl (C=O) groups is 1.